The number of amides is 1. The summed E-state index contributed by atoms with van der Waals surface area (Å²) < 4.78 is 4.13. The minimum absolute atomic E-state index is 0.417. The van der Waals surface area contributed by atoms with Gasteiger partial charge in [0, 0.05) is 5.69 Å². The summed E-state index contributed by atoms with van der Waals surface area (Å²) in [6, 6.07) is 27.5. The van der Waals surface area contributed by atoms with Crippen LogP contribution in [-0.2, 0) is 10.5 Å². The fourth-order valence-corrected chi connectivity index (χ4v) is 6.37. The third kappa shape index (κ3) is 4.80. The van der Waals surface area contributed by atoms with Gasteiger partial charge in [0.1, 0.15) is 11.1 Å². The molecule has 5 rings (SSSR count). The van der Waals surface area contributed by atoms with Crippen LogP contribution in [0.4, 0.5) is 0 Å². The van der Waals surface area contributed by atoms with E-state index in [1.54, 1.807) is 23.1 Å². The first-order valence-electron chi connectivity index (χ1n) is 10.2. The number of aromatic nitrogens is 4. The van der Waals surface area contributed by atoms with Crippen LogP contribution in [0.5, 0.6) is 0 Å². The van der Waals surface area contributed by atoms with Crippen molar-refractivity contribution >= 4 is 51.0 Å². The lowest BCUT2D eigenvalue weighted by Crippen LogP contribution is -2.19. The van der Waals surface area contributed by atoms with Gasteiger partial charge in [0.15, 0.2) is 9.50 Å². The molecule has 0 aliphatic carbocycles. The van der Waals surface area contributed by atoms with Crippen LogP contribution in [0.25, 0.3) is 15.9 Å². The Morgan fingerprint density at radius 1 is 0.939 bits per heavy atom. The molecule has 2 aromatic heterocycles. The number of fused-ring (bicyclic) bond motifs is 1. The van der Waals surface area contributed by atoms with Crippen LogP contribution < -0.4 is 5.73 Å². The molecule has 9 heteroatoms. The summed E-state index contributed by atoms with van der Waals surface area (Å²) in [7, 11) is 0. The molecule has 3 aromatic carbocycles. The first-order chi connectivity index (χ1) is 16.2. The van der Waals surface area contributed by atoms with Gasteiger partial charge in [-0.3, -0.25) is 9.36 Å². The number of rotatable bonds is 8. The second-order valence-corrected chi connectivity index (χ2v) is 10.4. The average Bonchev–Trinajstić information content (AvgIpc) is 3.45. The molecule has 0 fully saturated rings. The molecule has 5 aromatic rings. The van der Waals surface area contributed by atoms with E-state index < -0.39 is 11.2 Å². The van der Waals surface area contributed by atoms with Gasteiger partial charge in [0.2, 0.25) is 5.91 Å². The number of para-hydroxylation sites is 2. The molecule has 6 nitrogen and oxygen atoms in total. The quantitative estimate of drug-likeness (QED) is 0.290. The van der Waals surface area contributed by atoms with E-state index >= 15 is 0 Å². The van der Waals surface area contributed by atoms with Crippen LogP contribution in [-0.4, -0.2) is 25.7 Å². The predicted molar refractivity (Wildman–Crippen MR) is 135 cm³/mol. The van der Waals surface area contributed by atoms with Crippen molar-refractivity contribution in [3.05, 3.63) is 96.3 Å². The lowest BCUT2D eigenvalue weighted by molar-refractivity contribution is -0.117. The fraction of sp³-hybridized carbons (Fsp3) is 0.0833. The Kier molecular flexibility index (Phi) is 6.43. The monoisotopic (exact) mass is 489 g/mol. The van der Waals surface area contributed by atoms with E-state index in [2.05, 4.69) is 16.3 Å². The molecule has 0 radical (unpaired) electrons. The number of hydrogen-bond acceptors (Lipinski definition) is 7. The second-order valence-electron chi connectivity index (χ2n) is 7.12. The number of thiazole rings is 1. The normalized spacial score (nSPS) is 12.1. The Morgan fingerprint density at radius 3 is 2.36 bits per heavy atom. The van der Waals surface area contributed by atoms with Gasteiger partial charge < -0.3 is 5.73 Å². The van der Waals surface area contributed by atoms with Crippen LogP contribution in [0, 0.1) is 0 Å². The Morgan fingerprint density at radius 2 is 1.64 bits per heavy atom. The van der Waals surface area contributed by atoms with Gasteiger partial charge >= 0.3 is 0 Å². The molecule has 0 saturated carbocycles. The molecule has 2 N–H and O–H groups in total. The van der Waals surface area contributed by atoms with Gasteiger partial charge in [0.25, 0.3) is 0 Å². The number of nitrogens with two attached hydrogens (primary N) is 1. The molecule has 0 aliphatic heterocycles. The van der Waals surface area contributed by atoms with Crippen molar-refractivity contribution in [2.45, 2.75) is 20.5 Å². The minimum Gasteiger partial charge on any atom is -0.368 e. The highest BCUT2D eigenvalue weighted by molar-refractivity contribution is 8.00. The van der Waals surface area contributed by atoms with Gasteiger partial charge in [-0.1, -0.05) is 84.2 Å². The van der Waals surface area contributed by atoms with Crippen molar-refractivity contribution < 1.29 is 4.79 Å². The van der Waals surface area contributed by atoms with E-state index in [1.165, 1.54) is 11.8 Å². The number of thioether (sulfide) groups is 2. The zero-order chi connectivity index (χ0) is 22.6. The van der Waals surface area contributed by atoms with E-state index in [0.29, 0.717) is 10.9 Å². The van der Waals surface area contributed by atoms with Crippen LogP contribution in [0.15, 0.2) is 94.4 Å². The summed E-state index contributed by atoms with van der Waals surface area (Å²) in [6.45, 7) is 0. The molecule has 2 heterocycles. The Balaban J connectivity index is 1.46. The maximum Gasteiger partial charge on any atom is 0.235 e. The number of primary amides is 1. The highest BCUT2D eigenvalue weighted by atomic mass is 32.2. The van der Waals surface area contributed by atoms with Crippen molar-refractivity contribution in [3.8, 4) is 5.69 Å². The topological polar surface area (TPSA) is 86.7 Å². The number of carbonyl (C=O) groups excluding carboxylic acids is 1. The highest BCUT2D eigenvalue weighted by Gasteiger charge is 2.24. The SMILES string of the molecule is NC(=O)C(Sc1nnc(CSc2nc3ccccc3s2)n1-c1ccccc1)c1ccccc1. The van der Waals surface area contributed by atoms with Crippen molar-refractivity contribution in [3.63, 3.8) is 0 Å². The van der Waals surface area contributed by atoms with Crippen LogP contribution >= 0.6 is 34.9 Å². The lowest BCUT2D eigenvalue weighted by atomic mass is 10.1. The van der Waals surface area contributed by atoms with E-state index in [0.717, 1.165) is 31.6 Å². The highest BCUT2D eigenvalue weighted by Crippen LogP contribution is 2.37. The Hall–Kier alpha value is -3.14. The van der Waals surface area contributed by atoms with Gasteiger partial charge in [-0.15, -0.1) is 21.5 Å². The molecule has 33 heavy (non-hydrogen) atoms. The first-order valence-corrected chi connectivity index (χ1v) is 12.9. The summed E-state index contributed by atoms with van der Waals surface area (Å²) >= 11 is 4.60. The van der Waals surface area contributed by atoms with Crippen molar-refractivity contribution in [2.75, 3.05) is 0 Å². The molecule has 0 bridgehead atoms. The second kappa shape index (κ2) is 9.78. The maximum absolute atomic E-state index is 12.3. The number of benzene rings is 3. The lowest BCUT2D eigenvalue weighted by Gasteiger charge is -2.15. The molecule has 0 aliphatic rings. The summed E-state index contributed by atoms with van der Waals surface area (Å²) in [6.07, 6.45) is 0. The summed E-state index contributed by atoms with van der Waals surface area (Å²) in [5, 5.41) is 8.95. The number of carbonyl (C=O) groups is 1. The standard InChI is InChI=1S/C24H19N5OS3/c25-22(30)21(16-9-3-1-4-10-16)33-23-28-27-20(29(23)17-11-5-2-6-12-17)15-31-24-26-18-13-7-8-14-19(18)32-24/h1-14,21H,15H2,(H2,25,30). The molecule has 164 valence electrons. The average molecular weight is 490 g/mol. The summed E-state index contributed by atoms with van der Waals surface area (Å²) in [4.78, 5) is 17.0. The molecule has 1 atom stereocenters. The van der Waals surface area contributed by atoms with Crippen LogP contribution in [0.2, 0.25) is 0 Å². The maximum atomic E-state index is 12.3. The molecule has 0 saturated heterocycles. The third-order valence-corrected chi connectivity index (χ3v) is 8.29. The van der Waals surface area contributed by atoms with Crippen molar-refractivity contribution in [1.82, 2.24) is 19.7 Å². The largest absolute Gasteiger partial charge is 0.368 e. The molecular weight excluding hydrogens is 470 g/mol. The van der Waals surface area contributed by atoms with Crippen LogP contribution in [0.3, 0.4) is 0 Å². The van der Waals surface area contributed by atoms with Gasteiger partial charge in [-0.2, -0.15) is 0 Å². The summed E-state index contributed by atoms with van der Waals surface area (Å²) in [5.74, 6) is 0.956. The van der Waals surface area contributed by atoms with Crippen LogP contribution in [0.1, 0.15) is 16.6 Å². The zero-order valence-corrected chi connectivity index (χ0v) is 19.8. The van der Waals surface area contributed by atoms with E-state index in [-0.39, 0.29) is 0 Å². The van der Waals surface area contributed by atoms with Gasteiger partial charge in [-0.25, -0.2) is 4.98 Å². The molecule has 1 amide bonds. The molecule has 1 unspecified atom stereocenters. The van der Waals surface area contributed by atoms with E-state index in [9.17, 15) is 4.79 Å². The summed E-state index contributed by atoms with van der Waals surface area (Å²) in [5.41, 5.74) is 8.52. The molecule has 0 spiro atoms. The third-order valence-electron chi connectivity index (χ3n) is 4.90. The van der Waals surface area contributed by atoms with E-state index in [4.69, 9.17) is 10.7 Å². The van der Waals surface area contributed by atoms with Crippen molar-refractivity contribution in [1.29, 1.82) is 0 Å². The zero-order valence-electron chi connectivity index (χ0n) is 17.4. The van der Waals surface area contributed by atoms with E-state index in [1.807, 2.05) is 83.4 Å². The fourth-order valence-electron chi connectivity index (χ4n) is 3.37. The predicted octanol–water partition coefficient (Wildman–Crippen LogP) is 5.49. The number of hydrogen-bond donors (Lipinski definition) is 1. The van der Waals surface area contributed by atoms with Gasteiger partial charge in [-0.05, 0) is 29.8 Å². The first kappa shape index (κ1) is 21.7. The Bertz CT molecular complexity index is 1350. The van der Waals surface area contributed by atoms with Crippen molar-refractivity contribution in [2.24, 2.45) is 5.73 Å². The smallest absolute Gasteiger partial charge is 0.235 e. The minimum atomic E-state index is -0.567. The number of nitrogens with zero attached hydrogens (tertiary/aromatic N) is 4. The molecular formula is C24H19N5OS3. The van der Waals surface area contributed by atoms with Gasteiger partial charge in [0.05, 0.1) is 16.0 Å². The Labute approximate surface area is 203 Å².